The van der Waals surface area contributed by atoms with Crippen LogP contribution in [-0.2, 0) is 23.6 Å². The van der Waals surface area contributed by atoms with E-state index in [-0.39, 0.29) is 28.2 Å². The number of benzene rings is 1. The number of alkyl halides is 1. The molecule has 3 atom stereocenters. The summed E-state index contributed by atoms with van der Waals surface area (Å²) in [6.07, 6.45) is 1.06. The Morgan fingerprint density at radius 3 is 2.03 bits per heavy atom. The van der Waals surface area contributed by atoms with Crippen LogP contribution >= 0.6 is 18.8 Å². The first-order valence-corrected chi connectivity index (χ1v) is 13.6. The van der Waals surface area contributed by atoms with Crippen molar-refractivity contribution in [2.45, 2.75) is 58.5 Å². The molecule has 2 rings (SSSR count). The second-order valence-corrected chi connectivity index (χ2v) is 11.2. The van der Waals surface area contributed by atoms with Crippen LogP contribution in [0.3, 0.4) is 0 Å². The van der Waals surface area contributed by atoms with Gasteiger partial charge in [-0.25, -0.2) is 23.7 Å². The van der Waals surface area contributed by atoms with Gasteiger partial charge in [0.2, 0.25) is 5.91 Å². The van der Waals surface area contributed by atoms with Crippen LogP contribution < -0.4 is 10.2 Å². The van der Waals surface area contributed by atoms with Crippen molar-refractivity contribution in [1.82, 2.24) is 10.2 Å². The maximum atomic E-state index is 15.8. The van der Waals surface area contributed by atoms with Gasteiger partial charge in [-0.15, -0.1) is 11.3 Å². The number of thiophene rings is 1. The van der Waals surface area contributed by atoms with Gasteiger partial charge < -0.3 is 14.6 Å². The number of aromatic carboxylic acids is 1. The zero-order valence-electron chi connectivity index (χ0n) is 19.8. The predicted molar refractivity (Wildman–Crippen MR) is 128 cm³/mol. The molecule has 0 spiro atoms. The highest BCUT2D eigenvalue weighted by Crippen LogP contribution is 2.55. The van der Waals surface area contributed by atoms with Gasteiger partial charge in [0, 0.05) is 15.6 Å². The summed E-state index contributed by atoms with van der Waals surface area (Å²) in [5.74, 6) is -6.51. The molecule has 0 saturated carbocycles. The Morgan fingerprint density at radius 2 is 1.57 bits per heavy atom. The van der Waals surface area contributed by atoms with Crippen molar-refractivity contribution in [3.63, 3.8) is 0 Å². The van der Waals surface area contributed by atoms with E-state index in [2.05, 4.69) is 10.2 Å². The second kappa shape index (κ2) is 12.5. The summed E-state index contributed by atoms with van der Waals surface area (Å²) in [6, 6.07) is 0.919. The van der Waals surface area contributed by atoms with E-state index in [1.165, 1.54) is 19.9 Å². The number of carbonyl (C=O) groups excluding carboxylic acids is 2. The molecular weight excluding hydrogens is 505 g/mol. The number of esters is 2. The summed E-state index contributed by atoms with van der Waals surface area (Å²) in [7, 11) is -4.56. The second-order valence-electron chi connectivity index (χ2n) is 7.83. The molecule has 13 heteroatoms. The van der Waals surface area contributed by atoms with Crippen LogP contribution in [0.5, 0.6) is 0 Å². The molecule has 0 bridgehead atoms. The molecule has 0 unspecified atom stereocenters. The standard InChI is InChI=1S/C22H29F2N2O7PS/c1-5-9-32-21(29)12(3)25-34(31,26-13(4)22(30)33-10-6-2)19(24)14-7-8-16-15(18(14)23)11-17(35-16)20(27)28/h7-8,11-13,19H,5-6,9-10H2,1-4H3,(H,27,28)(H2,25,26,31)/t12-,13-,19+/m0/s1. The average molecular weight is 535 g/mol. The maximum absolute atomic E-state index is 15.8. The van der Waals surface area contributed by atoms with Crippen molar-refractivity contribution >= 4 is 46.8 Å². The lowest BCUT2D eigenvalue weighted by molar-refractivity contribution is -0.145. The van der Waals surface area contributed by atoms with Crippen molar-refractivity contribution in [3.05, 3.63) is 34.5 Å². The first-order chi connectivity index (χ1) is 16.4. The highest BCUT2D eigenvalue weighted by Gasteiger charge is 2.41. The Morgan fingerprint density at radius 1 is 1.06 bits per heavy atom. The van der Waals surface area contributed by atoms with Crippen LogP contribution in [0.1, 0.15) is 61.7 Å². The molecule has 0 aliphatic heterocycles. The average Bonchev–Trinajstić information content (AvgIpc) is 3.26. The van der Waals surface area contributed by atoms with Crippen LogP contribution in [-0.4, -0.2) is 48.3 Å². The fourth-order valence-electron chi connectivity index (χ4n) is 3.08. The largest absolute Gasteiger partial charge is 0.477 e. The summed E-state index contributed by atoms with van der Waals surface area (Å²) in [5.41, 5.74) is -0.626. The van der Waals surface area contributed by atoms with Crippen molar-refractivity contribution < 1.29 is 42.3 Å². The lowest BCUT2D eigenvalue weighted by Crippen LogP contribution is -2.43. The van der Waals surface area contributed by atoms with Gasteiger partial charge in [-0.05, 0) is 38.8 Å². The molecule has 9 nitrogen and oxygen atoms in total. The zero-order chi connectivity index (χ0) is 26.3. The van der Waals surface area contributed by atoms with Gasteiger partial charge in [-0.1, -0.05) is 19.9 Å². The fourth-order valence-corrected chi connectivity index (χ4v) is 6.27. The Kier molecular flexibility index (Phi) is 10.3. The predicted octanol–water partition coefficient (Wildman–Crippen LogP) is 4.76. The lowest BCUT2D eigenvalue weighted by atomic mass is 10.1. The van der Waals surface area contributed by atoms with Crippen molar-refractivity contribution in [2.24, 2.45) is 0 Å². The molecule has 3 N–H and O–H groups in total. The van der Waals surface area contributed by atoms with E-state index in [9.17, 15) is 24.1 Å². The Balaban J connectivity index is 2.45. The van der Waals surface area contributed by atoms with Crippen LogP contribution in [0.25, 0.3) is 10.1 Å². The molecule has 2 aromatic rings. The van der Waals surface area contributed by atoms with Gasteiger partial charge in [-0.2, -0.15) is 0 Å². The summed E-state index contributed by atoms with van der Waals surface area (Å²) >= 11 is 0.807. The first kappa shape index (κ1) is 28.8. The van der Waals surface area contributed by atoms with Crippen molar-refractivity contribution in [2.75, 3.05) is 13.2 Å². The molecule has 0 radical (unpaired) electrons. The third-order valence-corrected chi connectivity index (χ3v) is 8.37. The van der Waals surface area contributed by atoms with E-state index in [1.807, 2.05) is 0 Å². The first-order valence-electron chi connectivity index (χ1n) is 11.0. The van der Waals surface area contributed by atoms with Gasteiger partial charge in [0.25, 0.3) is 7.44 Å². The van der Waals surface area contributed by atoms with Crippen molar-refractivity contribution in [3.8, 4) is 0 Å². The minimum atomic E-state index is -4.56. The highest BCUT2D eigenvalue weighted by atomic mass is 32.1. The minimum absolute atomic E-state index is 0.0940. The normalized spacial score (nSPS) is 14.3. The molecule has 0 amide bonds. The number of rotatable bonds is 13. The number of hydrogen-bond donors (Lipinski definition) is 3. The smallest absolute Gasteiger partial charge is 0.345 e. The minimum Gasteiger partial charge on any atom is -0.477 e. The molecule has 0 aliphatic rings. The quantitative estimate of drug-likeness (QED) is 0.246. The SMILES string of the molecule is CCCOC(=O)[C@H](C)NP(=O)(N[C@@H](C)C(=O)OCCC)[C@@H](F)c1ccc2sc(C(=O)O)cc2c1F. The van der Waals surface area contributed by atoms with E-state index in [1.54, 1.807) is 13.8 Å². The van der Waals surface area contributed by atoms with Gasteiger partial charge in [0.15, 0.2) is 0 Å². The summed E-state index contributed by atoms with van der Waals surface area (Å²) in [5, 5.41) is 13.8. The number of carbonyl (C=O) groups is 3. The number of ether oxygens (including phenoxy) is 2. The molecular formula is C22H29F2N2O7PS. The topological polar surface area (TPSA) is 131 Å². The maximum Gasteiger partial charge on any atom is 0.345 e. The fraction of sp³-hybridized carbons (Fsp3) is 0.500. The van der Waals surface area contributed by atoms with E-state index in [4.69, 9.17) is 9.47 Å². The Labute approximate surface area is 205 Å². The summed E-state index contributed by atoms with van der Waals surface area (Å²) < 4.78 is 55.2. The van der Waals surface area contributed by atoms with E-state index >= 15 is 8.78 Å². The number of carboxylic acids is 1. The summed E-state index contributed by atoms with van der Waals surface area (Å²) in [4.78, 5) is 35.6. The number of hydrogen-bond acceptors (Lipinski definition) is 7. The van der Waals surface area contributed by atoms with Gasteiger partial charge >= 0.3 is 17.9 Å². The molecule has 194 valence electrons. The molecule has 35 heavy (non-hydrogen) atoms. The molecule has 0 saturated heterocycles. The third kappa shape index (κ3) is 7.07. The highest BCUT2D eigenvalue weighted by molar-refractivity contribution is 7.60. The number of halogens is 2. The van der Waals surface area contributed by atoms with E-state index in [0.29, 0.717) is 12.8 Å². The van der Waals surface area contributed by atoms with Crippen molar-refractivity contribution in [1.29, 1.82) is 0 Å². The molecule has 0 aliphatic carbocycles. The molecule has 1 aromatic heterocycles. The summed E-state index contributed by atoms with van der Waals surface area (Å²) in [6.45, 7) is 6.34. The number of fused-ring (bicyclic) bond motifs is 1. The van der Waals surface area contributed by atoms with Crippen LogP contribution in [0.15, 0.2) is 18.2 Å². The number of nitrogens with one attached hydrogen (secondary N) is 2. The monoisotopic (exact) mass is 534 g/mol. The van der Waals surface area contributed by atoms with Crippen LogP contribution in [0.4, 0.5) is 8.78 Å². The number of carboxylic acid groups (broad SMARTS) is 1. The zero-order valence-corrected chi connectivity index (χ0v) is 21.5. The van der Waals surface area contributed by atoms with Crippen LogP contribution in [0, 0.1) is 5.82 Å². The molecule has 1 aromatic carbocycles. The van der Waals surface area contributed by atoms with Gasteiger partial charge in [0.1, 0.15) is 22.8 Å². The Bertz CT molecular complexity index is 1090. The van der Waals surface area contributed by atoms with Gasteiger partial charge in [-0.3, -0.25) is 14.2 Å². The third-order valence-electron chi connectivity index (χ3n) is 4.83. The van der Waals surface area contributed by atoms with E-state index < -0.39 is 54.7 Å². The van der Waals surface area contributed by atoms with Gasteiger partial charge in [0.05, 0.1) is 13.2 Å². The van der Waals surface area contributed by atoms with Crippen LogP contribution in [0.2, 0.25) is 0 Å². The Hall–Kier alpha value is -2.40. The molecule has 1 heterocycles. The molecule has 0 fully saturated rings. The lowest BCUT2D eigenvalue weighted by Gasteiger charge is -2.29. The van der Waals surface area contributed by atoms with E-state index in [0.717, 1.165) is 23.5 Å².